The Bertz CT molecular complexity index is 1120. The largest absolute Gasteiger partial charge is 0.486 e. The van der Waals surface area contributed by atoms with E-state index in [-0.39, 0.29) is 35.0 Å². The number of aliphatic hydroxyl groups is 1. The number of aromatic nitrogens is 1. The molecule has 6 atom stereocenters. The maximum Gasteiger partial charge on any atom is 0.223 e. The van der Waals surface area contributed by atoms with Crippen molar-refractivity contribution in [1.82, 2.24) is 10.3 Å². The molecule has 1 aromatic heterocycles. The number of nitrogens with one attached hydrogen (secondary N) is 2. The Hall–Kier alpha value is -1.71. The van der Waals surface area contributed by atoms with E-state index in [4.69, 9.17) is 26.1 Å². The summed E-state index contributed by atoms with van der Waals surface area (Å²) in [4.78, 5) is 20.8. The number of rotatable bonds is 8. The Morgan fingerprint density at radius 3 is 2.95 bits per heavy atom. The van der Waals surface area contributed by atoms with Crippen LogP contribution in [0.5, 0.6) is 5.75 Å². The quantitative estimate of drug-likeness (QED) is 0.460. The first kappa shape index (κ1) is 27.8. The molecule has 1 amide bonds. The zero-order valence-electron chi connectivity index (χ0n) is 22.7. The summed E-state index contributed by atoms with van der Waals surface area (Å²) < 4.78 is 11.4. The first-order valence-corrected chi connectivity index (χ1v) is 15.2. The van der Waals surface area contributed by atoms with Gasteiger partial charge in [0.25, 0.3) is 0 Å². The van der Waals surface area contributed by atoms with Gasteiger partial charge in [-0.15, -0.1) is 11.3 Å². The molecule has 1 aromatic carbocycles. The van der Waals surface area contributed by atoms with Crippen molar-refractivity contribution < 1.29 is 24.3 Å². The van der Waals surface area contributed by atoms with Gasteiger partial charge in [0.05, 0.1) is 38.1 Å². The molecular weight excluding hydrogens is 522 g/mol. The van der Waals surface area contributed by atoms with Crippen molar-refractivity contribution in [3.8, 4) is 5.75 Å². The Morgan fingerprint density at radius 1 is 1.39 bits per heavy atom. The number of morpholine rings is 1. The highest BCUT2D eigenvalue weighted by atomic mass is 35.5. The number of ether oxygens (including phenoxy) is 2. The molecule has 208 valence electrons. The molecule has 38 heavy (non-hydrogen) atoms. The standard InChI is InChI=1S/C29H40ClN3O4S/c1-18(28(35)31-9-10-33-11-13-36-14-12-33)22-7-8-29(3)16-23-26(19(2)25(29)27(22)34)32-24(38-23)17-37-21-6-4-5-20(30)15-21/h4-6,15,18-19,22,25,27,34H,7-14,16-17H2,1-3H3,(H,31,35)/p+1/t18-,19-,22+,25+,27-,29-/m0/s1. The van der Waals surface area contributed by atoms with Crippen LogP contribution in [-0.2, 0) is 22.6 Å². The van der Waals surface area contributed by atoms with Gasteiger partial charge in [0.2, 0.25) is 5.91 Å². The minimum absolute atomic E-state index is 0.00413. The summed E-state index contributed by atoms with van der Waals surface area (Å²) >= 11 is 7.82. The molecule has 1 saturated carbocycles. The summed E-state index contributed by atoms with van der Waals surface area (Å²) in [6.45, 7) is 12.1. The summed E-state index contributed by atoms with van der Waals surface area (Å²) in [7, 11) is 0. The SMILES string of the molecule is C[C@H](C(=O)NCC[NH+]1CCOCC1)[C@H]1CC[C@@]2(C)Cc3sc(COc4cccc(Cl)c4)nc3[C@@H](C)[C@@H]2[C@H]1O. The van der Waals surface area contributed by atoms with Crippen molar-refractivity contribution in [2.75, 3.05) is 39.4 Å². The van der Waals surface area contributed by atoms with Crippen LogP contribution < -0.4 is 15.0 Å². The zero-order chi connectivity index (χ0) is 26.9. The van der Waals surface area contributed by atoms with Gasteiger partial charge in [0.15, 0.2) is 0 Å². The molecule has 0 spiro atoms. The van der Waals surface area contributed by atoms with E-state index < -0.39 is 6.10 Å². The summed E-state index contributed by atoms with van der Waals surface area (Å²) in [5.74, 6) is 0.723. The summed E-state index contributed by atoms with van der Waals surface area (Å²) in [6, 6.07) is 7.42. The van der Waals surface area contributed by atoms with E-state index in [2.05, 4.69) is 19.2 Å². The van der Waals surface area contributed by atoms with E-state index >= 15 is 0 Å². The Morgan fingerprint density at radius 2 is 2.18 bits per heavy atom. The number of hydrogen-bond donors (Lipinski definition) is 3. The van der Waals surface area contributed by atoms with Gasteiger partial charge >= 0.3 is 0 Å². The van der Waals surface area contributed by atoms with Crippen LogP contribution in [0.1, 0.15) is 55.1 Å². The number of quaternary nitrogens is 1. The lowest BCUT2D eigenvalue weighted by atomic mass is 9.53. The molecule has 2 heterocycles. The van der Waals surface area contributed by atoms with E-state index in [0.717, 1.165) is 68.6 Å². The fraction of sp³-hybridized carbons (Fsp3) is 0.655. The number of halogens is 1. The van der Waals surface area contributed by atoms with E-state index in [0.29, 0.717) is 18.2 Å². The number of benzene rings is 1. The first-order valence-electron chi connectivity index (χ1n) is 14.0. The number of amides is 1. The number of carbonyl (C=O) groups excluding carboxylic acids is 1. The van der Waals surface area contributed by atoms with Crippen molar-refractivity contribution in [2.24, 2.45) is 23.2 Å². The number of thiazole rings is 1. The van der Waals surface area contributed by atoms with E-state index in [1.54, 1.807) is 11.3 Å². The van der Waals surface area contributed by atoms with Crippen LogP contribution >= 0.6 is 22.9 Å². The number of aliphatic hydroxyl groups excluding tert-OH is 1. The lowest BCUT2D eigenvalue weighted by Gasteiger charge is -2.53. The van der Waals surface area contributed by atoms with Gasteiger partial charge in [0, 0.05) is 21.7 Å². The summed E-state index contributed by atoms with van der Waals surface area (Å²) in [5.41, 5.74) is 1.09. The molecule has 3 aliphatic rings. The molecule has 2 aromatic rings. The lowest BCUT2D eigenvalue weighted by Crippen LogP contribution is -3.14. The van der Waals surface area contributed by atoms with Gasteiger partial charge in [-0.1, -0.05) is 38.4 Å². The lowest BCUT2D eigenvalue weighted by molar-refractivity contribution is -0.906. The van der Waals surface area contributed by atoms with Gasteiger partial charge in [-0.25, -0.2) is 4.98 Å². The average Bonchev–Trinajstić information content (AvgIpc) is 3.30. The minimum atomic E-state index is -0.532. The monoisotopic (exact) mass is 562 g/mol. The number of hydrogen-bond acceptors (Lipinski definition) is 6. The van der Waals surface area contributed by atoms with Crippen LogP contribution in [0.15, 0.2) is 24.3 Å². The second-order valence-corrected chi connectivity index (χ2v) is 13.3. The number of fused-ring (bicyclic) bond motifs is 2. The third-order valence-electron chi connectivity index (χ3n) is 9.16. The Balaban J connectivity index is 1.22. The molecule has 0 radical (unpaired) electrons. The van der Waals surface area contributed by atoms with E-state index in [9.17, 15) is 9.90 Å². The topological polar surface area (TPSA) is 85.1 Å². The molecule has 0 unspecified atom stereocenters. The predicted molar refractivity (Wildman–Crippen MR) is 149 cm³/mol. The van der Waals surface area contributed by atoms with Gasteiger partial charge in [-0.05, 0) is 54.7 Å². The normalized spacial score (nSPS) is 30.2. The third-order valence-corrected chi connectivity index (χ3v) is 10.4. The molecule has 0 bridgehead atoms. The molecule has 7 nitrogen and oxygen atoms in total. The summed E-state index contributed by atoms with van der Waals surface area (Å²) in [5, 5.41) is 16.4. The van der Waals surface area contributed by atoms with Crippen molar-refractivity contribution in [1.29, 1.82) is 0 Å². The second kappa shape index (κ2) is 11.8. The van der Waals surface area contributed by atoms with Crippen molar-refractivity contribution >= 4 is 28.8 Å². The van der Waals surface area contributed by atoms with Gasteiger partial charge in [0.1, 0.15) is 30.5 Å². The highest BCUT2D eigenvalue weighted by Crippen LogP contribution is 2.57. The maximum atomic E-state index is 13.1. The van der Waals surface area contributed by atoms with Crippen LogP contribution in [0.25, 0.3) is 0 Å². The molecule has 1 aliphatic heterocycles. The van der Waals surface area contributed by atoms with Crippen molar-refractivity contribution in [3.05, 3.63) is 44.9 Å². The summed E-state index contributed by atoms with van der Waals surface area (Å²) in [6.07, 6.45) is 2.25. The van der Waals surface area contributed by atoms with Gasteiger partial charge in [-0.3, -0.25) is 4.79 Å². The highest BCUT2D eigenvalue weighted by Gasteiger charge is 2.53. The van der Waals surface area contributed by atoms with Gasteiger partial charge < -0.3 is 24.8 Å². The van der Waals surface area contributed by atoms with Crippen LogP contribution in [0, 0.1) is 23.2 Å². The second-order valence-electron chi connectivity index (χ2n) is 11.7. The minimum Gasteiger partial charge on any atom is -0.486 e. The smallest absolute Gasteiger partial charge is 0.223 e. The Kier molecular flexibility index (Phi) is 8.65. The average molecular weight is 563 g/mol. The molecule has 9 heteroatoms. The van der Waals surface area contributed by atoms with Crippen LogP contribution in [0.4, 0.5) is 0 Å². The third kappa shape index (κ3) is 5.89. The van der Waals surface area contributed by atoms with E-state index in [1.807, 2.05) is 31.2 Å². The maximum absolute atomic E-state index is 13.1. The highest BCUT2D eigenvalue weighted by molar-refractivity contribution is 7.11. The fourth-order valence-corrected chi connectivity index (χ4v) is 8.45. The molecule has 1 saturated heterocycles. The fourth-order valence-electron chi connectivity index (χ4n) is 6.99. The van der Waals surface area contributed by atoms with Gasteiger partial charge in [-0.2, -0.15) is 0 Å². The number of carbonyl (C=O) groups is 1. The zero-order valence-corrected chi connectivity index (χ0v) is 24.2. The molecule has 2 aliphatic carbocycles. The van der Waals surface area contributed by atoms with Crippen molar-refractivity contribution in [2.45, 2.75) is 58.7 Å². The molecule has 5 rings (SSSR count). The molecular formula is C29H41ClN3O4S+. The van der Waals surface area contributed by atoms with Crippen molar-refractivity contribution in [3.63, 3.8) is 0 Å². The Labute approximate surface area is 234 Å². The predicted octanol–water partition coefficient (Wildman–Crippen LogP) is 3.10. The van der Waals surface area contributed by atoms with Crippen LogP contribution in [0.3, 0.4) is 0 Å². The molecule has 3 N–H and O–H groups in total. The molecule has 2 fully saturated rings. The first-order chi connectivity index (χ1) is 18.2. The number of nitrogens with zero attached hydrogens (tertiary/aromatic N) is 1. The van der Waals surface area contributed by atoms with Crippen LogP contribution in [0.2, 0.25) is 5.02 Å². The van der Waals surface area contributed by atoms with Crippen LogP contribution in [-0.4, -0.2) is 61.5 Å². The van der Waals surface area contributed by atoms with E-state index in [1.165, 1.54) is 9.78 Å².